The lowest BCUT2D eigenvalue weighted by Crippen LogP contribution is -2.19. The second-order valence-electron chi connectivity index (χ2n) is 5.06. The largest absolute Gasteiger partial charge is 0.341 e. The summed E-state index contributed by atoms with van der Waals surface area (Å²) >= 11 is 5.99. The van der Waals surface area contributed by atoms with Crippen LogP contribution in [-0.4, -0.2) is 12.8 Å². The molecule has 0 unspecified atom stereocenters. The van der Waals surface area contributed by atoms with E-state index in [1.165, 1.54) is 17.7 Å². The molecule has 0 aromatic heterocycles. The van der Waals surface area contributed by atoms with E-state index in [0.717, 1.165) is 31.4 Å². The summed E-state index contributed by atoms with van der Waals surface area (Å²) in [6.07, 6.45) is 4.28. The number of rotatable bonds is 2. The van der Waals surface area contributed by atoms with Gasteiger partial charge in [-0.05, 0) is 49.1 Å². The molecule has 0 aliphatic carbocycles. The molecule has 3 heteroatoms. The van der Waals surface area contributed by atoms with Gasteiger partial charge in [-0.15, -0.1) is 0 Å². The van der Waals surface area contributed by atoms with Crippen LogP contribution in [0.1, 0.15) is 28.8 Å². The van der Waals surface area contributed by atoms with Crippen molar-refractivity contribution in [1.82, 2.24) is 0 Å². The van der Waals surface area contributed by atoms with E-state index in [9.17, 15) is 4.79 Å². The average molecular weight is 286 g/mol. The van der Waals surface area contributed by atoms with Crippen LogP contribution in [0, 0.1) is 0 Å². The average Bonchev–Trinajstić information content (AvgIpc) is 2.69. The molecule has 20 heavy (non-hydrogen) atoms. The standard InChI is InChI=1S/C17H16ClNO/c18-15-8-9-17(14(11-15)12-20)19-10-4-3-6-13-5-1-2-7-16(13)19/h1-2,5,7-9,11-12H,3-4,6,10H2. The number of para-hydroxylation sites is 1. The SMILES string of the molecule is O=Cc1cc(Cl)ccc1N1CCCCc2ccccc21. The van der Waals surface area contributed by atoms with Crippen molar-refractivity contribution in [2.24, 2.45) is 0 Å². The number of nitrogens with zero attached hydrogens (tertiary/aromatic N) is 1. The van der Waals surface area contributed by atoms with Crippen LogP contribution in [0.3, 0.4) is 0 Å². The van der Waals surface area contributed by atoms with Crippen LogP contribution in [0.15, 0.2) is 42.5 Å². The highest BCUT2D eigenvalue weighted by Crippen LogP contribution is 2.34. The normalized spacial score (nSPS) is 14.6. The van der Waals surface area contributed by atoms with Gasteiger partial charge in [-0.1, -0.05) is 29.8 Å². The van der Waals surface area contributed by atoms with Gasteiger partial charge in [0, 0.05) is 22.8 Å². The minimum Gasteiger partial charge on any atom is -0.341 e. The van der Waals surface area contributed by atoms with E-state index in [-0.39, 0.29) is 0 Å². The first kappa shape index (κ1) is 13.2. The van der Waals surface area contributed by atoms with Crippen molar-refractivity contribution in [3.63, 3.8) is 0 Å². The number of benzene rings is 2. The molecule has 0 spiro atoms. The number of aldehydes is 1. The Hall–Kier alpha value is -1.80. The molecule has 0 saturated carbocycles. The van der Waals surface area contributed by atoms with Crippen LogP contribution < -0.4 is 4.90 Å². The molecule has 0 atom stereocenters. The first-order valence-electron chi connectivity index (χ1n) is 6.90. The van der Waals surface area contributed by atoms with Gasteiger partial charge in [0.25, 0.3) is 0 Å². The summed E-state index contributed by atoms with van der Waals surface area (Å²) in [7, 11) is 0. The highest BCUT2D eigenvalue weighted by molar-refractivity contribution is 6.31. The van der Waals surface area contributed by atoms with Gasteiger partial charge >= 0.3 is 0 Å². The lowest BCUT2D eigenvalue weighted by atomic mass is 10.1. The number of hydrogen-bond donors (Lipinski definition) is 0. The van der Waals surface area contributed by atoms with E-state index in [4.69, 9.17) is 11.6 Å². The van der Waals surface area contributed by atoms with E-state index in [0.29, 0.717) is 10.6 Å². The number of carbonyl (C=O) groups is 1. The molecule has 0 N–H and O–H groups in total. The van der Waals surface area contributed by atoms with Crippen molar-refractivity contribution in [2.75, 3.05) is 11.4 Å². The monoisotopic (exact) mass is 285 g/mol. The molecular weight excluding hydrogens is 270 g/mol. The molecule has 3 rings (SSSR count). The van der Waals surface area contributed by atoms with E-state index < -0.39 is 0 Å². The van der Waals surface area contributed by atoms with E-state index in [2.05, 4.69) is 23.1 Å². The van der Waals surface area contributed by atoms with Crippen molar-refractivity contribution >= 4 is 29.3 Å². The lowest BCUT2D eigenvalue weighted by molar-refractivity contribution is 0.112. The number of anilines is 2. The summed E-state index contributed by atoms with van der Waals surface area (Å²) in [4.78, 5) is 13.6. The van der Waals surface area contributed by atoms with Gasteiger partial charge < -0.3 is 4.90 Å². The summed E-state index contributed by atoms with van der Waals surface area (Å²) in [5, 5.41) is 0.596. The van der Waals surface area contributed by atoms with Gasteiger partial charge in [0.15, 0.2) is 6.29 Å². The zero-order valence-corrected chi connectivity index (χ0v) is 11.9. The maximum atomic E-state index is 11.3. The predicted molar refractivity (Wildman–Crippen MR) is 83.2 cm³/mol. The first-order chi connectivity index (χ1) is 9.79. The number of carbonyl (C=O) groups excluding carboxylic acids is 1. The van der Waals surface area contributed by atoms with E-state index >= 15 is 0 Å². The predicted octanol–water partition coefficient (Wildman–Crippen LogP) is 4.63. The number of hydrogen-bond acceptors (Lipinski definition) is 2. The fraction of sp³-hybridized carbons (Fsp3) is 0.235. The van der Waals surface area contributed by atoms with Gasteiger partial charge in [-0.25, -0.2) is 0 Å². The van der Waals surface area contributed by atoms with E-state index in [1.807, 2.05) is 18.2 Å². The summed E-state index contributed by atoms with van der Waals surface area (Å²) in [5.74, 6) is 0. The molecule has 1 aliphatic heterocycles. The minimum atomic E-state index is 0.596. The van der Waals surface area contributed by atoms with Crippen LogP contribution in [0.25, 0.3) is 0 Å². The molecule has 2 nitrogen and oxygen atoms in total. The second-order valence-corrected chi connectivity index (χ2v) is 5.49. The molecule has 1 aliphatic rings. The Kier molecular flexibility index (Phi) is 3.75. The Morgan fingerprint density at radius 2 is 1.90 bits per heavy atom. The lowest BCUT2D eigenvalue weighted by Gasteiger charge is -2.26. The summed E-state index contributed by atoms with van der Waals surface area (Å²) in [6, 6.07) is 13.9. The Morgan fingerprint density at radius 3 is 2.75 bits per heavy atom. The topological polar surface area (TPSA) is 20.3 Å². The Labute approximate surface area is 124 Å². The van der Waals surface area contributed by atoms with Crippen LogP contribution in [0.4, 0.5) is 11.4 Å². The van der Waals surface area contributed by atoms with Crippen LogP contribution in [0.2, 0.25) is 5.02 Å². The third-order valence-electron chi connectivity index (χ3n) is 3.77. The van der Waals surface area contributed by atoms with Crippen molar-refractivity contribution < 1.29 is 4.79 Å². The second kappa shape index (κ2) is 5.68. The number of aryl methyl sites for hydroxylation is 1. The van der Waals surface area contributed by atoms with Gasteiger partial charge in [0.2, 0.25) is 0 Å². The molecule has 0 radical (unpaired) electrons. The first-order valence-corrected chi connectivity index (χ1v) is 7.27. The Balaban J connectivity index is 2.12. The smallest absolute Gasteiger partial charge is 0.152 e. The van der Waals surface area contributed by atoms with Crippen molar-refractivity contribution in [3.05, 3.63) is 58.6 Å². The van der Waals surface area contributed by atoms with E-state index in [1.54, 1.807) is 6.07 Å². The maximum Gasteiger partial charge on any atom is 0.152 e. The highest BCUT2D eigenvalue weighted by Gasteiger charge is 2.18. The number of fused-ring (bicyclic) bond motifs is 1. The Morgan fingerprint density at radius 1 is 1.05 bits per heavy atom. The zero-order chi connectivity index (χ0) is 13.9. The third kappa shape index (κ3) is 2.44. The summed E-state index contributed by atoms with van der Waals surface area (Å²) in [5.41, 5.74) is 4.14. The summed E-state index contributed by atoms with van der Waals surface area (Å²) in [6.45, 7) is 0.930. The molecule has 0 fully saturated rings. The van der Waals surface area contributed by atoms with Crippen molar-refractivity contribution in [2.45, 2.75) is 19.3 Å². The quantitative estimate of drug-likeness (QED) is 0.750. The Bertz CT molecular complexity index is 639. The van der Waals surface area contributed by atoms with Gasteiger partial charge in [-0.2, -0.15) is 0 Å². The molecule has 1 heterocycles. The molecular formula is C17H16ClNO. The molecule has 0 saturated heterocycles. The zero-order valence-electron chi connectivity index (χ0n) is 11.2. The highest BCUT2D eigenvalue weighted by atomic mass is 35.5. The van der Waals surface area contributed by atoms with Crippen LogP contribution in [-0.2, 0) is 6.42 Å². The summed E-state index contributed by atoms with van der Waals surface area (Å²) < 4.78 is 0. The molecule has 2 aromatic carbocycles. The molecule has 102 valence electrons. The third-order valence-corrected chi connectivity index (χ3v) is 4.00. The number of halogens is 1. The molecule has 0 bridgehead atoms. The van der Waals surface area contributed by atoms with Crippen LogP contribution in [0.5, 0.6) is 0 Å². The molecule has 0 amide bonds. The van der Waals surface area contributed by atoms with Crippen molar-refractivity contribution in [3.8, 4) is 0 Å². The van der Waals surface area contributed by atoms with Gasteiger partial charge in [-0.3, -0.25) is 4.79 Å². The van der Waals surface area contributed by atoms with Gasteiger partial charge in [0.05, 0.1) is 5.69 Å². The molecule has 2 aromatic rings. The maximum absolute atomic E-state index is 11.3. The van der Waals surface area contributed by atoms with Gasteiger partial charge in [0.1, 0.15) is 0 Å². The van der Waals surface area contributed by atoms with Crippen molar-refractivity contribution in [1.29, 1.82) is 0 Å². The fourth-order valence-corrected chi connectivity index (χ4v) is 2.99. The minimum absolute atomic E-state index is 0.596. The van der Waals surface area contributed by atoms with Crippen LogP contribution >= 0.6 is 11.6 Å². The fourth-order valence-electron chi connectivity index (χ4n) is 2.81.